The van der Waals surface area contributed by atoms with Crippen molar-refractivity contribution in [3.63, 3.8) is 0 Å². The standard InChI is InChI=1S/C17H26N2O2.ClH/c1-12(2)15-6-5-13(3)9-16(15)21-11-17(20)19-8-7-18-10-14(19)4;/h5-6,9,12,14,18H,7-8,10-11H2,1-4H3;1H. The van der Waals surface area contributed by atoms with Gasteiger partial charge in [0, 0.05) is 25.7 Å². The minimum atomic E-state index is 0. The Bertz CT molecular complexity index is 505. The van der Waals surface area contributed by atoms with Crippen LogP contribution in [0.2, 0.25) is 0 Å². The Morgan fingerprint density at radius 3 is 2.82 bits per heavy atom. The number of piperazine rings is 1. The van der Waals surface area contributed by atoms with Crippen molar-refractivity contribution in [3.8, 4) is 5.75 Å². The fraction of sp³-hybridized carbons (Fsp3) is 0.588. The molecule has 2 rings (SSSR count). The topological polar surface area (TPSA) is 41.6 Å². The highest BCUT2D eigenvalue weighted by Crippen LogP contribution is 2.27. The lowest BCUT2D eigenvalue weighted by molar-refractivity contribution is -0.136. The summed E-state index contributed by atoms with van der Waals surface area (Å²) in [6, 6.07) is 6.43. The molecular weight excluding hydrogens is 300 g/mol. The Kier molecular flexibility index (Phi) is 7.17. The quantitative estimate of drug-likeness (QED) is 0.925. The summed E-state index contributed by atoms with van der Waals surface area (Å²) in [6.45, 7) is 11.0. The van der Waals surface area contributed by atoms with Crippen LogP contribution in [0.5, 0.6) is 5.75 Å². The molecule has 1 aromatic carbocycles. The maximum absolute atomic E-state index is 12.3. The van der Waals surface area contributed by atoms with E-state index in [0.717, 1.165) is 36.5 Å². The van der Waals surface area contributed by atoms with Gasteiger partial charge in [-0.05, 0) is 37.0 Å². The van der Waals surface area contributed by atoms with Gasteiger partial charge in [0.25, 0.3) is 5.91 Å². The van der Waals surface area contributed by atoms with E-state index < -0.39 is 0 Å². The number of hydrogen-bond donors (Lipinski definition) is 1. The molecule has 1 aliphatic rings. The van der Waals surface area contributed by atoms with Crippen LogP contribution >= 0.6 is 12.4 Å². The number of carbonyl (C=O) groups is 1. The summed E-state index contributed by atoms with van der Waals surface area (Å²) in [6.07, 6.45) is 0. The molecule has 1 N–H and O–H groups in total. The minimum absolute atomic E-state index is 0. The van der Waals surface area contributed by atoms with Crippen LogP contribution in [0.1, 0.15) is 37.8 Å². The third-order valence-electron chi connectivity index (χ3n) is 3.96. The highest BCUT2D eigenvalue weighted by atomic mass is 35.5. The van der Waals surface area contributed by atoms with Crippen molar-refractivity contribution in [1.82, 2.24) is 10.2 Å². The highest BCUT2D eigenvalue weighted by molar-refractivity contribution is 5.85. The zero-order valence-electron chi connectivity index (χ0n) is 13.9. The zero-order chi connectivity index (χ0) is 15.4. The largest absolute Gasteiger partial charge is 0.483 e. The van der Waals surface area contributed by atoms with Gasteiger partial charge in [-0.25, -0.2) is 0 Å². The van der Waals surface area contributed by atoms with Gasteiger partial charge in [-0.15, -0.1) is 12.4 Å². The molecule has 124 valence electrons. The van der Waals surface area contributed by atoms with Crippen molar-refractivity contribution in [2.75, 3.05) is 26.2 Å². The number of hydrogen-bond acceptors (Lipinski definition) is 3. The second kappa shape index (κ2) is 8.39. The molecule has 1 unspecified atom stereocenters. The molecule has 1 saturated heterocycles. The van der Waals surface area contributed by atoms with Gasteiger partial charge < -0.3 is 15.0 Å². The number of nitrogens with one attached hydrogen (secondary N) is 1. The third-order valence-corrected chi connectivity index (χ3v) is 3.96. The molecule has 0 aromatic heterocycles. The molecule has 0 aliphatic carbocycles. The second-order valence-corrected chi connectivity index (χ2v) is 6.12. The highest BCUT2D eigenvalue weighted by Gasteiger charge is 2.23. The average molecular weight is 327 g/mol. The second-order valence-electron chi connectivity index (χ2n) is 6.12. The Morgan fingerprint density at radius 2 is 2.18 bits per heavy atom. The van der Waals surface area contributed by atoms with Gasteiger partial charge in [0.15, 0.2) is 6.61 Å². The fourth-order valence-corrected chi connectivity index (χ4v) is 2.68. The van der Waals surface area contributed by atoms with Crippen LogP contribution in [-0.2, 0) is 4.79 Å². The lowest BCUT2D eigenvalue weighted by atomic mass is 10.0. The Balaban J connectivity index is 0.00000242. The van der Waals surface area contributed by atoms with Crippen molar-refractivity contribution < 1.29 is 9.53 Å². The van der Waals surface area contributed by atoms with E-state index in [1.807, 2.05) is 17.9 Å². The molecule has 4 nitrogen and oxygen atoms in total. The summed E-state index contributed by atoms with van der Waals surface area (Å²) in [7, 11) is 0. The van der Waals surface area contributed by atoms with Gasteiger partial charge in [-0.3, -0.25) is 4.79 Å². The van der Waals surface area contributed by atoms with Gasteiger partial charge in [-0.1, -0.05) is 26.0 Å². The lowest BCUT2D eigenvalue weighted by Gasteiger charge is -2.34. The van der Waals surface area contributed by atoms with Crippen LogP contribution < -0.4 is 10.1 Å². The maximum atomic E-state index is 12.3. The van der Waals surface area contributed by atoms with E-state index in [2.05, 4.69) is 38.2 Å². The smallest absolute Gasteiger partial charge is 0.260 e. The van der Waals surface area contributed by atoms with E-state index in [0.29, 0.717) is 5.92 Å². The zero-order valence-corrected chi connectivity index (χ0v) is 14.7. The SMILES string of the molecule is Cc1ccc(C(C)C)c(OCC(=O)N2CCNCC2C)c1.Cl. The number of benzene rings is 1. The van der Waals surface area contributed by atoms with Gasteiger partial charge in [0.1, 0.15) is 5.75 Å². The molecule has 0 spiro atoms. The van der Waals surface area contributed by atoms with Crippen molar-refractivity contribution in [2.45, 2.75) is 39.7 Å². The molecular formula is C17H27ClN2O2. The monoisotopic (exact) mass is 326 g/mol. The van der Waals surface area contributed by atoms with E-state index >= 15 is 0 Å². The fourth-order valence-electron chi connectivity index (χ4n) is 2.68. The van der Waals surface area contributed by atoms with E-state index in [1.54, 1.807) is 0 Å². The lowest BCUT2D eigenvalue weighted by Crippen LogP contribution is -2.53. The van der Waals surface area contributed by atoms with Crippen LogP contribution in [0.15, 0.2) is 18.2 Å². The summed E-state index contributed by atoms with van der Waals surface area (Å²) >= 11 is 0. The molecule has 1 aliphatic heterocycles. The molecule has 1 atom stereocenters. The first-order valence-electron chi connectivity index (χ1n) is 7.72. The van der Waals surface area contributed by atoms with E-state index in [9.17, 15) is 4.79 Å². The van der Waals surface area contributed by atoms with E-state index in [1.165, 1.54) is 0 Å². The van der Waals surface area contributed by atoms with Crippen LogP contribution in [0.3, 0.4) is 0 Å². The number of amides is 1. The van der Waals surface area contributed by atoms with Crippen molar-refractivity contribution in [2.24, 2.45) is 0 Å². The minimum Gasteiger partial charge on any atom is -0.483 e. The number of nitrogens with zero attached hydrogens (tertiary/aromatic N) is 1. The Labute approximate surface area is 139 Å². The van der Waals surface area contributed by atoms with E-state index in [-0.39, 0.29) is 31.0 Å². The van der Waals surface area contributed by atoms with Gasteiger partial charge >= 0.3 is 0 Å². The first kappa shape index (κ1) is 18.8. The Hall–Kier alpha value is -1.26. The van der Waals surface area contributed by atoms with Gasteiger partial charge in [0.2, 0.25) is 0 Å². The Morgan fingerprint density at radius 1 is 1.45 bits per heavy atom. The predicted molar refractivity (Wildman–Crippen MR) is 92.1 cm³/mol. The third kappa shape index (κ3) is 4.62. The summed E-state index contributed by atoms with van der Waals surface area (Å²) in [5, 5.41) is 3.29. The van der Waals surface area contributed by atoms with Crippen LogP contribution in [0, 0.1) is 6.92 Å². The molecule has 0 radical (unpaired) electrons. The molecule has 22 heavy (non-hydrogen) atoms. The molecule has 1 fully saturated rings. The van der Waals surface area contributed by atoms with Crippen molar-refractivity contribution >= 4 is 18.3 Å². The molecule has 1 amide bonds. The molecule has 0 saturated carbocycles. The first-order chi connectivity index (χ1) is 9.99. The molecule has 5 heteroatoms. The molecule has 1 aromatic rings. The van der Waals surface area contributed by atoms with E-state index in [4.69, 9.17) is 4.74 Å². The summed E-state index contributed by atoms with van der Waals surface area (Å²) in [5.74, 6) is 1.29. The summed E-state index contributed by atoms with van der Waals surface area (Å²) in [5.41, 5.74) is 2.30. The normalized spacial score (nSPS) is 18.0. The summed E-state index contributed by atoms with van der Waals surface area (Å²) < 4.78 is 5.83. The van der Waals surface area contributed by atoms with Crippen LogP contribution in [-0.4, -0.2) is 43.1 Å². The van der Waals surface area contributed by atoms with Crippen molar-refractivity contribution in [3.05, 3.63) is 29.3 Å². The average Bonchev–Trinajstić information content (AvgIpc) is 2.45. The number of halogens is 1. The first-order valence-corrected chi connectivity index (χ1v) is 7.72. The van der Waals surface area contributed by atoms with Gasteiger partial charge in [-0.2, -0.15) is 0 Å². The van der Waals surface area contributed by atoms with Crippen LogP contribution in [0.25, 0.3) is 0 Å². The number of aryl methyl sites for hydroxylation is 1. The number of carbonyl (C=O) groups excluding carboxylic acids is 1. The maximum Gasteiger partial charge on any atom is 0.260 e. The molecule has 0 bridgehead atoms. The van der Waals surface area contributed by atoms with Gasteiger partial charge in [0.05, 0.1) is 0 Å². The number of ether oxygens (including phenoxy) is 1. The van der Waals surface area contributed by atoms with Crippen molar-refractivity contribution in [1.29, 1.82) is 0 Å². The van der Waals surface area contributed by atoms with Crippen LogP contribution in [0.4, 0.5) is 0 Å². The molecule has 1 heterocycles. The number of rotatable bonds is 4. The summed E-state index contributed by atoms with van der Waals surface area (Å²) in [4.78, 5) is 14.2. The predicted octanol–water partition coefficient (Wildman–Crippen LogP) is 2.74.